The van der Waals surface area contributed by atoms with Crippen molar-refractivity contribution < 1.29 is 9.53 Å². The highest BCUT2D eigenvalue weighted by Gasteiger charge is 2.10. The number of hydrogen-bond donors (Lipinski definition) is 4. The lowest BCUT2D eigenvalue weighted by Gasteiger charge is -2.12. The van der Waals surface area contributed by atoms with Crippen molar-refractivity contribution in [3.8, 4) is 5.75 Å². The molecule has 0 spiro atoms. The largest absolute Gasteiger partial charge is 0.494 e. The summed E-state index contributed by atoms with van der Waals surface area (Å²) in [5, 5.41) is 12.2. The lowest BCUT2D eigenvalue weighted by atomic mass is 10.2. The summed E-state index contributed by atoms with van der Waals surface area (Å²) in [6.07, 6.45) is 0. The number of benzene rings is 3. The van der Waals surface area contributed by atoms with Gasteiger partial charge < -0.3 is 26.0 Å². The Morgan fingerprint density at radius 1 is 0.694 bits per heavy atom. The number of anilines is 6. The number of aromatic nitrogens is 3. The van der Waals surface area contributed by atoms with Gasteiger partial charge in [0.2, 0.25) is 23.8 Å². The Morgan fingerprint density at radius 2 is 1.17 bits per heavy atom. The Labute approximate surface area is 210 Å². The maximum absolute atomic E-state index is 12.5. The molecule has 4 N–H and O–H groups in total. The second-order valence-corrected chi connectivity index (χ2v) is 8.15. The zero-order valence-electron chi connectivity index (χ0n) is 20.5. The van der Waals surface area contributed by atoms with Gasteiger partial charge in [-0.15, -0.1) is 0 Å². The Bertz CT molecular complexity index is 1230. The van der Waals surface area contributed by atoms with E-state index < -0.39 is 0 Å². The number of rotatable bonds is 10. The molecule has 3 aromatic carbocycles. The predicted octanol–water partition coefficient (Wildman–Crippen LogP) is 5.42. The van der Waals surface area contributed by atoms with E-state index in [1.807, 2.05) is 81.4 Å². The maximum atomic E-state index is 12.5. The van der Waals surface area contributed by atoms with Crippen LogP contribution >= 0.6 is 0 Å². The van der Waals surface area contributed by atoms with E-state index in [0.29, 0.717) is 24.2 Å². The summed E-state index contributed by atoms with van der Waals surface area (Å²) in [6, 6.07) is 23.0. The number of amides is 1. The molecule has 0 aliphatic carbocycles. The van der Waals surface area contributed by atoms with Gasteiger partial charge in [-0.25, -0.2) is 0 Å². The van der Waals surface area contributed by atoms with Crippen LogP contribution in [0.4, 0.5) is 34.9 Å². The Balaban J connectivity index is 1.47. The fourth-order valence-corrected chi connectivity index (χ4v) is 3.26. The van der Waals surface area contributed by atoms with Crippen molar-refractivity contribution in [2.24, 2.45) is 0 Å². The van der Waals surface area contributed by atoms with Crippen LogP contribution in [0.2, 0.25) is 0 Å². The highest BCUT2D eigenvalue weighted by Crippen LogP contribution is 2.20. The first-order chi connectivity index (χ1) is 17.5. The van der Waals surface area contributed by atoms with Crippen LogP contribution < -0.4 is 26.0 Å². The fourth-order valence-electron chi connectivity index (χ4n) is 3.26. The van der Waals surface area contributed by atoms with E-state index in [-0.39, 0.29) is 18.4 Å². The van der Waals surface area contributed by atoms with Crippen molar-refractivity contribution in [1.82, 2.24) is 15.0 Å². The van der Waals surface area contributed by atoms with Crippen molar-refractivity contribution in [3.63, 3.8) is 0 Å². The predicted molar refractivity (Wildman–Crippen MR) is 143 cm³/mol. The molecule has 1 heterocycles. The summed E-state index contributed by atoms with van der Waals surface area (Å²) in [5.41, 5.74) is 4.65. The van der Waals surface area contributed by atoms with Gasteiger partial charge >= 0.3 is 0 Å². The van der Waals surface area contributed by atoms with E-state index in [0.717, 1.165) is 28.3 Å². The molecule has 4 aromatic rings. The fraction of sp³-hybridized carbons (Fsp3) is 0.185. The molecule has 0 radical (unpaired) electrons. The van der Waals surface area contributed by atoms with Crippen molar-refractivity contribution in [2.75, 3.05) is 34.4 Å². The van der Waals surface area contributed by atoms with Gasteiger partial charge in [-0.1, -0.05) is 35.4 Å². The molecule has 0 bridgehead atoms. The molecule has 0 unspecified atom stereocenters. The van der Waals surface area contributed by atoms with Crippen molar-refractivity contribution in [2.45, 2.75) is 20.8 Å². The average Bonchev–Trinajstić information content (AvgIpc) is 2.87. The van der Waals surface area contributed by atoms with Crippen LogP contribution in [0.1, 0.15) is 18.1 Å². The number of carbonyl (C=O) groups is 1. The molecular formula is C27H29N7O2. The summed E-state index contributed by atoms with van der Waals surface area (Å²) in [4.78, 5) is 25.9. The SMILES string of the molecule is CCOc1ccc(NC(=O)CNc2nc(Nc3ccc(C)cc3)nc(Nc3ccc(C)cc3)n2)cc1. The third kappa shape index (κ3) is 7.17. The van der Waals surface area contributed by atoms with Crippen LogP contribution in [0.5, 0.6) is 5.75 Å². The molecule has 0 saturated carbocycles. The first kappa shape index (κ1) is 24.5. The highest BCUT2D eigenvalue weighted by molar-refractivity contribution is 5.93. The van der Waals surface area contributed by atoms with Crippen molar-refractivity contribution in [3.05, 3.63) is 83.9 Å². The van der Waals surface area contributed by atoms with Crippen molar-refractivity contribution >= 4 is 40.8 Å². The number of carbonyl (C=O) groups excluding carboxylic acids is 1. The lowest BCUT2D eigenvalue weighted by Crippen LogP contribution is -2.23. The standard InChI is InChI=1S/C27H29N7O2/c1-4-36-23-15-13-20(14-16-23)29-24(35)17-28-25-32-26(30-21-9-5-18(2)6-10-21)34-27(33-25)31-22-11-7-19(3)8-12-22/h5-16H,4,17H2,1-3H3,(H,29,35)(H3,28,30,31,32,33,34). The number of hydrogen-bond acceptors (Lipinski definition) is 8. The van der Waals surface area contributed by atoms with E-state index in [9.17, 15) is 4.79 Å². The minimum absolute atomic E-state index is 0.0227. The molecule has 1 amide bonds. The second-order valence-electron chi connectivity index (χ2n) is 8.15. The van der Waals surface area contributed by atoms with Crippen LogP contribution in [0.25, 0.3) is 0 Å². The lowest BCUT2D eigenvalue weighted by molar-refractivity contribution is -0.114. The molecular weight excluding hydrogens is 454 g/mol. The monoisotopic (exact) mass is 483 g/mol. The molecule has 0 saturated heterocycles. The van der Waals surface area contributed by atoms with E-state index in [1.54, 1.807) is 12.1 Å². The molecule has 36 heavy (non-hydrogen) atoms. The molecule has 1 aromatic heterocycles. The molecule has 184 valence electrons. The summed E-state index contributed by atoms with van der Waals surface area (Å²) in [5.74, 6) is 1.47. The van der Waals surface area contributed by atoms with Crippen LogP contribution in [0.15, 0.2) is 72.8 Å². The van der Waals surface area contributed by atoms with Gasteiger partial charge in [-0.3, -0.25) is 4.79 Å². The molecule has 9 nitrogen and oxygen atoms in total. The zero-order chi connectivity index (χ0) is 25.3. The molecule has 0 atom stereocenters. The quantitative estimate of drug-likeness (QED) is 0.236. The highest BCUT2D eigenvalue weighted by atomic mass is 16.5. The molecule has 0 fully saturated rings. The summed E-state index contributed by atoms with van der Waals surface area (Å²) in [7, 11) is 0. The average molecular weight is 484 g/mol. The first-order valence-electron chi connectivity index (χ1n) is 11.7. The topological polar surface area (TPSA) is 113 Å². The van der Waals surface area contributed by atoms with E-state index in [2.05, 4.69) is 36.2 Å². The second kappa shape index (κ2) is 11.7. The summed E-state index contributed by atoms with van der Waals surface area (Å²) in [6.45, 7) is 6.54. The minimum atomic E-state index is -0.236. The number of nitrogens with one attached hydrogen (secondary N) is 4. The number of aryl methyl sites for hydroxylation is 2. The van der Waals surface area contributed by atoms with Gasteiger partial charge in [0.15, 0.2) is 0 Å². The van der Waals surface area contributed by atoms with Crippen LogP contribution in [0.3, 0.4) is 0 Å². The molecule has 0 aliphatic rings. The van der Waals surface area contributed by atoms with E-state index in [4.69, 9.17) is 4.74 Å². The molecule has 9 heteroatoms. The zero-order valence-corrected chi connectivity index (χ0v) is 20.5. The smallest absolute Gasteiger partial charge is 0.243 e. The van der Waals surface area contributed by atoms with Gasteiger partial charge in [-0.05, 0) is 69.3 Å². The summed E-state index contributed by atoms with van der Waals surface area (Å²) < 4.78 is 5.43. The molecule has 0 aliphatic heterocycles. The Kier molecular flexibility index (Phi) is 7.92. The van der Waals surface area contributed by atoms with Gasteiger partial charge in [-0.2, -0.15) is 15.0 Å². The van der Waals surface area contributed by atoms with Crippen LogP contribution in [-0.2, 0) is 4.79 Å². The van der Waals surface area contributed by atoms with Crippen LogP contribution in [0, 0.1) is 13.8 Å². The third-order valence-electron chi connectivity index (χ3n) is 5.11. The van der Waals surface area contributed by atoms with Crippen LogP contribution in [-0.4, -0.2) is 34.0 Å². The van der Waals surface area contributed by atoms with Crippen molar-refractivity contribution in [1.29, 1.82) is 0 Å². The van der Waals surface area contributed by atoms with E-state index in [1.165, 1.54) is 0 Å². The first-order valence-corrected chi connectivity index (χ1v) is 11.7. The third-order valence-corrected chi connectivity index (χ3v) is 5.11. The van der Waals surface area contributed by atoms with Gasteiger partial charge in [0.1, 0.15) is 5.75 Å². The molecule has 4 rings (SSSR count). The minimum Gasteiger partial charge on any atom is -0.494 e. The van der Waals surface area contributed by atoms with Gasteiger partial charge in [0.05, 0.1) is 13.2 Å². The Morgan fingerprint density at radius 3 is 1.67 bits per heavy atom. The Hall–Kier alpha value is -4.66. The maximum Gasteiger partial charge on any atom is 0.243 e. The van der Waals surface area contributed by atoms with Gasteiger partial charge in [0, 0.05) is 17.1 Å². The van der Waals surface area contributed by atoms with E-state index >= 15 is 0 Å². The normalized spacial score (nSPS) is 10.4. The number of ether oxygens (including phenoxy) is 1. The summed E-state index contributed by atoms with van der Waals surface area (Å²) >= 11 is 0. The number of nitrogens with zero attached hydrogens (tertiary/aromatic N) is 3. The van der Waals surface area contributed by atoms with Gasteiger partial charge in [0.25, 0.3) is 0 Å².